The third kappa shape index (κ3) is 3.23. The minimum Gasteiger partial charge on any atom is -0.481 e. The number of hydrogen-bond acceptors (Lipinski definition) is 4. The molecule has 120 valence electrons. The van der Waals surface area contributed by atoms with Crippen molar-refractivity contribution in [2.75, 3.05) is 13.1 Å². The summed E-state index contributed by atoms with van der Waals surface area (Å²) in [6.07, 6.45) is 2.88. The molecule has 1 aromatic heterocycles. The molecule has 7 heteroatoms. The molecule has 1 saturated heterocycles. The molecule has 7 nitrogen and oxygen atoms in total. The number of likely N-dealkylation sites (tertiary alicyclic amines) is 1. The first-order valence-corrected chi connectivity index (χ1v) is 7.56. The number of carboxylic acids is 1. The zero-order chi connectivity index (χ0) is 16.4. The molecule has 1 amide bonds. The van der Waals surface area contributed by atoms with Crippen LogP contribution in [0, 0.1) is 12.8 Å². The van der Waals surface area contributed by atoms with Gasteiger partial charge in [-0.05, 0) is 37.5 Å². The zero-order valence-electron chi connectivity index (χ0n) is 12.8. The topological polar surface area (TPSA) is 88.3 Å². The second-order valence-electron chi connectivity index (χ2n) is 5.82. The van der Waals surface area contributed by atoms with Gasteiger partial charge in [0.15, 0.2) is 5.69 Å². The molecule has 1 aliphatic heterocycles. The Kier molecular flexibility index (Phi) is 4.10. The predicted octanol–water partition coefficient (Wildman–Crippen LogP) is 1.51. The van der Waals surface area contributed by atoms with Gasteiger partial charge in [0.05, 0.1) is 17.8 Å². The van der Waals surface area contributed by atoms with E-state index in [0.29, 0.717) is 19.4 Å². The molecule has 1 atom stereocenters. The number of carbonyl (C=O) groups is 2. The molecule has 1 aliphatic rings. The molecule has 0 spiro atoms. The lowest BCUT2D eigenvalue weighted by Gasteiger charge is -2.29. The Hall–Kier alpha value is -2.70. The number of aryl methyl sites for hydroxylation is 1. The maximum absolute atomic E-state index is 12.5. The maximum Gasteiger partial charge on any atom is 0.308 e. The molecule has 23 heavy (non-hydrogen) atoms. The van der Waals surface area contributed by atoms with E-state index in [1.54, 1.807) is 15.8 Å². The van der Waals surface area contributed by atoms with Crippen molar-refractivity contribution in [3.05, 3.63) is 41.7 Å². The first-order chi connectivity index (χ1) is 11.0. The van der Waals surface area contributed by atoms with Crippen molar-refractivity contribution in [3.63, 3.8) is 0 Å². The van der Waals surface area contributed by atoms with Gasteiger partial charge in [0.1, 0.15) is 0 Å². The third-order valence-corrected chi connectivity index (χ3v) is 4.04. The first kappa shape index (κ1) is 15.2. The van der Waals surface area contributed by atoms with Gasteiger partial charge >= 0.3 is 5.97 Å². The van der Waals surface area contributed by atoms with Crippen LogP contribution in [-0.2, 0) is 4.79 Å². The first-order valence-electron chi connectivity index (χ1n) is 7.56. The van der Waals surface area contributed by atoms with Crippen LogP contribution in [0.15, 0.2) is 30.5 Å². The normalized spacial score (nSPS) is 18.0. The minimum atomic E-state index is -0.856. The van der Waals surface area contributed by atoms with E-state index >= 15 is 0 Å². The van der Waals surface area contributed by atoms with Gasteiger partial charge < -0.3 is 10.0 Å². The highest BCUT2D eigenvalue weighted by atomic mass is 16.4. The fourth-order valence-electron chi connectivity index (χ4n) is 2.78. The summed E-state index contributed by atoms with van der Waals surface area (Å²) >= 11 is 0. The summed E-state index contributed by atoms with van der Waals surface area (Å²) in [5.41, 5.74) is 2.15. The molecule has 0 saturated carbocycles. The van der Waals surface area contributed by atoms with Crippen LogP contribution in [0.1, 0.15) is 28.9 Å². The average Bonchev–Trinajstić information content (AvgIpc) is 3.04. The molecule has 2 aromatic rings. The molecular weight excluding hydrogens is 296 g/mol. The van der Waals surface area contributed by atoms with E-state index in [-0.39, 0.29) is 18.1 Å². The Balaban J connectivity index is 1.77. The molecule has 2 heterocycles. The second-order valence-corrected chi connectivity index (χ2v) is 5.82. The number of nitrogens with zero attached hydrogens (tertiary/aromatic N) is 4. The van der Waals surface area contributed by atoms with Gasteiger partial charge in [-0.2, -0.15) is 0 Å². The van der Waals surface area contributed by atoms with Gasteiger partial charge in [-0.15, -0.1) is 5.10 Å². The number of amides is 1. The van der Waals surface area contributed by atoms with Crippen LogP contribution in [0.2, 0.25) is 0 Å². The highest BCUT2D eigenvalue weighted by Gasteiger charge is 2.29. The van der Waals surface area contributed by atoms with Crippen molar-refractivity contribution < 1.29 is 14.7 Å². The van der Waals surface area contributed by atoms with E-state index in [1.165, 1.54) is 0 Å². The molecule has 0 bridgehead atoms. The van der Waals surface area contributed by atoms with E-state index in [9.17, 15) is 9.59 Å². The number of piperidine rings is 1. The van der Waals surface area contributed by atoms with Gasteiger partial charge in [0.2, 0.25) is 0 Å². The Labute approximate surface area is 133 Å². The number of rotatable bonds is 3. The number of carbonyl (C=O) groups excluding carboxylic acids is 1. The van der Waals surface area contributed by atoms with Crippen molar-refractivity contribution >= 4 is 11.9 Å². The molecule has 0 radical (unpaired) electrons. The lowest BCUT2D eigenvalue weighted by molar-refractivity contribution is -0.143. The van der Waals surface area contributed by atoms with Crippen LogP contribution in [0.3, 0.4) is 0 Å². The van der Waals surface area contributed by atoms with Crippen molar-refractivity contribution in [3.8, 4) is 5.69 Å². The SMILES string of the molecule is Cc1cccc(-n2cc(C(=O)N3CCC[C@H](C(=O)O)C3)nn2)c1. The van der Waals surface area contributed by atoms with Crippen LogP contribution < -0.4 is 0 Å². The van der Waals surface area contributed by atoms with Crippen LogP contribution in [0.4, 0.5) is 0 Å². The summed E-state index contributed by atoms with van der Waals surface area (Å²) in [7, 11) is 0. The van der Waals surface area contributed by atoms with Gasteiger partial charge in [0.25, 0.3) is 5.91 Å². The zero-order valence-corrected chi connectivity index (χ0v) is 12.8. The van der Waals surface area contributed by atoms with Gasteiger partial charge in [-0.25, -0.2) is 4.68 Å². The lowest BCUT2D eigenvalue weighted by atomic mass is 9.98. The lowest BCUT2D eigenvalue weighted by Crippen LogP contribution is -2.42. The number of benzene rings is 1. The second kappa shape index (κ2) is 6.20. The quantitative estimate of drug-likeness (QED) is 0.928. The van der Waals surface area contributed by atoms with E-state index in [1.807, 2.05) is 31.2 Å². The monoisotopic (exact) mass is 314 g/mol. The van der Waals surface area contributed by atoms with Crippen LogP contribution in [0.25, 0.3) is 5.69 Å². The van der Waals surface area contributed by atoms with Gasteiger partial charge in [-0.1, -0.05) is 17.3 Å². The van der Waals surface area contributed by atoms with Crippen LogP contribution in [0.5, 0.6) is 0 Å². The fourth-order valence-corrected chi connectivity index (χ4v) is 2.78. The maximum atomic E-state index is 12.5. The Bertz CT molecular complexity index is 740. The third-order valence-electron chi connectivity index (χ3n) is 4.04. The van der Waals surface area contributed by atoms with E-state index < -0.39 is 11.9 Å². The number of aromatic nitrogens is 3. The van der Waals surface area contributed by atoms with Crippen molar-refractivity contribution in [1.29, 1.82) is 0 Å². The molecule has 1 fully saturated rings. The summed E-state index contributed by atoms with van der Waals surface area (Å²) in [4.78, 5) is 25.2. The number of hydrogen-bond donors (Lipinski definition) is 1. The Morgan fingerprint density at radius 2 is 2.17 bits per heavy atom. The van der Waals surface area contributed by atoms with Crippen molar-refractivity contribution in [2.24, 2.45) is 5.92 Å². The molecule has 0 unspecified atom stereocenters. The molecule has 3 rings (SSSR count). The fraction of sp³-hybridized carbons (Fsp3) is 0.375. The standard InChI is InChI=1S/C16H18N4O3/c1-11-4-2-6-13(8-11)20-10-14(17-18-20)15(21)19-7-3-5-12(9-19)16(22)23/h2,4,6,8,10,12H,3,5,7,9H2,1H3,(H,22,23)/t12-/m0/s1. The summed E-state index contributed by atoms with van der Waals surface area (Å²) in [6.45, 7) is 2.76. The summed E-state index contributed by atoms with van der Waals surface area (Å²) in [6, 6.07) is 7.73. The van der Waals surface area contributed by atoms with E-state index in [2.05, 4.69) is 10.3 Å². The Morgan fingerprint density at radius 1 is 1.35 bits per heavy atom. The molecule has 0 aliphatic carbocycles. The highest BCUT2D eigenvalue weighted by Crippen LogP contribution is 2.18. The summed E-state index contributed by atoms with van der Waals surface area (Å²) < 4.78 is 1.55. The van der Waals surface area contributed by atoms with Gasteiger partial charge in [0, 0.05) is 13.1 Å². The molecule has 1 N–H and O–H groups in total. The largest absolute Gasteiger partial charge is 0.481 e. The molecule has 1 aromatic carbocycles. The van der Waals surface area contributed by atoms with Crippen molar-refractivity contribution in [2.45, 2.75) is 19.8 Å². The van der Waals surface area contributed by atoms with E-state index in [4.69, 9.17) is 5.11 Å². The van der Waals surface area contributed by atoms with Crippen molar-refractivity contribution in [1.82, 2.24) is 19.9 Å². The predicted molar refractivity (Wildman–Crippen MR) is 82.4 cm³/mol. The van der Waals surface area contributed by atoms with Gasteiger partial charge in [-0.3, -0.25) is 9.59 Å². The Morgan fingerprint density at radius 3 is 2.91 bits per heavy atom. The molecular formula is C16H18N4O3. The highest BCUT2D eigenvalue weighted by molar-refractivity contribution is 5.92. The number of carboxylic acid groups (broad SMARTS) is 1. The van der Waals surface area contributed by atoms with E-state index in [0.717, 1.165) is 11.3 Å². The summed E-state index contributed by atoms with van der Waals surface area (Å²) in [5.74, 6) is -1.62. The summed E-state index contributed by atoms with van der Waals surface area (Å²) in [5, 5.41) is 17.1. The van der Waals surface area contributed by atoms with Crippen LogP contribution >= 0.6 is 0 Å². The smallest absolute Gasteiger partial charge is 0.308 e. The minimum absolute atomic E-state index is 0.228. The average molecular weight is 314 g/mol. The number of aliphatic carboxylic acids is 1. The van der Waals surface area contributed by atoms with Crippen LogP contribution in [-0.4, -0.2) is 50.0 Å².